The molecule has 0 radical (unpaired) electrons. The molecule has 1 N–H and O–H groups in total. The van der Waals surface area contributed by atoms with Gasteiger partial charge in [-0.15, -0.1) is 10.2 Å². The van der Waals surface area contributed by atoms with E-state index in [4.69, 9.17) is 0 Å². The molecule has 0 saturated carbocycles. The molecule has 2 aromatic carbocycles. The average molecular weight is 395 g/mol. The van der Waals surface area contributed by atoms with Gasteiger partial charge in [0.1, 0.15) is 0 Å². The summed E-state index contributed by atoms with van der Waals surface area (Å²) in [6, 6.07) is 18.3. The van der Waals surface area contributed by atoms with E-state index in [0.29, 0.717) is 5.75 Å². The van der Waals surface area contributed by atoms with Crippen LogP contribution >= 0.6 is 11.8 Å². The molecule has 0 fully saturated rings. The molecule has 1 amide bonds. The normalized spacial score (nSPS) is 12.0. The molecule has 0 bridgehead atoms. The standard InChI is InChI=1S/C22H26N4OS/c1-4-17-11-13-18(14-12-17)16(3)23-20(27)15-28-22-25-24-21(26(22)5-2)19-9-7-6-8-10-19/h6-14,16H,4-5,15H2,1-3H3,(H,23,27). The number of aryl methyl sites for hydroxylation is 1. The fourth-order valence-electron chi connectivity index (χ4n) is 3.02. The Labute approximate surface area is 170 Å². The van der Waals surface area contributed by atoms with Crippen LogP contribution < -0.4 is 5.32 Å². The van der Waals surface area contributed by atoms with E-state index < -0.39 is 0 Å². The summed E-state index contributed by atoms with van der Waals surface area (Å²) in [5.41, 5.74) is 3.43. The second-order valence-electron chi connectivity index (χ2n) is 6.59. The molecule has 3 rings (SSSR count). The van der Waals surface area contributed by atoms with Gasteiger partial charge in [-0.05, 0) is 31.4 Å². The molecule has 28 heavy (non-hydrogen) atoms. The van der Waals surface area contributed by atoms with E-state index in [0.717, 1.165) is 35.1 Å². The zero-order valence-corrected chi connectivity index (χ0v) is 17.4. The maximum Gasteiger partial charge on any atom is 0.230 e. The Hall–Kier alpha value is -2.60. The van der Waals surface area contributed by atoms with Crippen LogP contribution in [-0.2, 0) is 17.8 Å². The van der Waals surface area contributed by atoms with Crippen molar-refractivity contribution in [3.8, 4) is 11.4 Å². The summed E-state index contributed by atoms with van der Waals surface area (Å²) in [5.74, 6) is 1.13. The Balaban J connectivity index is 1.60. The van der Waals surface area contributed by atoms with Crippen LogP contribution in [0.5, 0.6) is 0 Å². The SMILES string of the molecule is CCc1ccc(C(C)NC(=O)CSc2nnc(-c3ccccc3)n2CC)cc1. The summed E-state index contributed by atoms with van der Waals surface area (Å²) in [4.78, 5) is 12.4. The smallest absolute Gasteiger partial charge is 0.230 e. The summed E-state index contributed by atoms with van der Waals surface area (Å²) in [7, 11) is 0. The number of benzene rings is 2. The summed E-state index contributed by atoms with van der Waals surface area (Å²) in [5, 5.41) is 12.4. The Morgan fingerprint density at radius 3 is 2.43 bits per heavy atom. The van der Waals surface area contributed by atoms with Gasteiger partial charge in [-0.1, -0.05) is 73.3 Å². The van der Waals surface area contributed by atoms with Crippen molar-refractivity contribution >= 4 is 17.7 Å². The first kappa shape index (κ1) is 20.1. The molecule has 1 heterocycles. The lowest BCUT2D eigenvalue weighted by molar-refractivity contribution is -0.119. The van der Waals surface area contributed by atoms with E-state index in [1.807, 2.05) is 41.8 Å². The van der Waals surface area contributed by atoms with Gasteiger partial charge in [0.05, 0.1) is 11.8 Å². The van der Waals surface area contributed by atoms with E-state index in [2.05, 4.69) is 53.6 Å². The number of nitrogens with one attached hydrogen (secondary N) is 1. The van der Waals surface area contributed by atoms with Gasteiger partial charge in [-0.25, -0.2) is 0 Å². The third-order valence-corrected chi connectivity index (χ3v) is 5.63. The molecule has 0 aliphatic carbocycles. The van der Waals surface area contributed by atoms with Crippen LogP contribution in [-0.4, -0.2) is 26.4 Å². The second-order valence-corrected chi connectivity index (χ2v) is 7.53. The van der Waals surface area contributed by atoms with Gasteiger partial charge in [0.25, 0.3) is 0 Å². The number of carbonyl (C=O) groups is 1. The molecule has 1 atom stereocenters. The third kappa shape index (κ3) is 4.81. The van der Waals surface area contributed by atoms with Crippen LogP contribution in [0.2, 0.25) is 0 Å². The van der Waals surface area contributed by atoms with Crippen LogP contribution in [0.4, 0.5) is 0 Å². The van der Waals surface area contributed by atoms with Crippen molar-refractivity contribution in [3.63, 3.8) is 0 Å². The molecule has 0 aliphatic rings. The Morgan fingerprint density at radius 2 is 1.79 bits per heavy atom. The molecule has 0 saturated heterocycles. The summed E-state index contributed by atoms with van der Waals surface area (Å²) in [6.45, 7) is 6.95. The van der Waals surface area contributed by atoms with E-state index in [9.17, 15) is 4.79 Å². The maximum absolute atomic E-state index is 12.4. The van der Waals surface area contributed by atoms with Crippen molar-refractivity contribution in [1.82, 2.24) is 20.1 Å². The van der Waals surface area contributed by atoms with Crippen molar-refractivity contribution < 1.29 is 4.79 Å². The Morgan fingerprint density at radius 1 is 1.07 bits per heavy atom. The molecular weight excluding hydrogens is 368 g/mol. The maximum atomic E-state index is 12.4. The first-order chi connectivity index (χ1) is 13.6. The van der Waals surface area contributed by atoms with E-state index >= 15 is 0 Å². The highest BCUT2D eigenvalue weighted by Gasteiger charge is 2.15. The number of carbonyl (C=O) groups excluding carboxylic acids is 1. The molecular formula is C22H26N4OS. The minimum Gasteiger partial charge on any atom is -0.349 e. The van der Waals surface area contributed by atoms with Gasteiger partial charge in [0.15, 0.2) is 11.0 Å². The lowest BCUT2D eigenvalue weighted by atomic mass is 10.1. The molecule has 1 unspecified atom stereocenters. The largest absolute Gasteiger partial charge is 0.349 e. The number of thioether (sulfide) groups is 1. The lowest BCUT2D eigenvalue weighted by Gasteiger charge is -2.14. The van der Waals surface area contributed by atoms with Crippen LogP contribution in [0.15, 0.2) is 59.8 Å². The predicted octanol–water partition coefficient (Wildman–Crippen LogP) is 4.50. The average Bonchev–Trinajstić information content (AvgIpc) is 3.16. The predicted molar refractivity (Wildman–Crippen MR) is 114 cm³/mol. The number of rotatable bonds is 8. The zero-order valence-electron chi connectivity index (χ0n) is 16.6. The molecule has 146 valence electrons. The number of nitrogens with zero attached hydrogens (tertiary/aromatic N) is 3. The molecule has 0 spiro atoms. The fourth-order valence-corrected chi connectivity index (χ4v) is 3.83. The van der Waals surface area contributed by atoms with Crippen molar-refractivity contribution in [3.05, 3.63) is 65.7 Å². The van der Waals surface area contributed by atoms with Gasteiger partial charge >= 0.3 is 0 Å². The van der Waals surface area contributed by atoms with Crippen LogP contribution in [0.1, 0.15) is 37.9 Å². The van der Waals surface area contributed by atoms with Crippen LogP contribution in [0, 0.1) is 0 Å². The molecule has 1 aromatic heterocycles. The van der Waals surface area contributed by atoms with Gasteiger partial charge < -0.3 is 9.88 Å². The minimum absolute atomic E-state index is 0.0102. The van der Waals surface area contributed by atoms with Gasteiger partial charge in [-0.2, -0.15) is 0 Å². The fraction of sp³-hybridized carbons (Fsp3) is 0.318. The first-order valence-electron chi connectivity index (χ1n) is 9.62. The number of amides is 1. The minimum atomic E-state index is -0.0251. The van der Waals surface area contributed by atoms with Crippen molar-refractivity contribution in [2.24, 2.45) is 0 Å². The lowest BCUT2D eigenvalue weighted by Crippen LogP contribution is -2.28. The van der Waals surface area contributed by atoms with Crippen molar-refractivity contribution in [2.75, 3.05) is 5.75 Å². The molecule has 5 nitrogen and oxygen atoms in total. The van der Waals surface area contributed by atoms with E-state index in [-0.39, 0.29) is 11.9 Å². The Kier molecular flexibility index (Phi) is 6.87. The molecule has 3 aromatic rings. The first-order valence-corrected chi connectivity index (χ1v) is 10.6. The number of aromatic nitrogens is 3. The monoisotopic (exact) mass is 394 g/mol. The highest BCUT2D eigenvalue weighted by atomic mass is 32.2. The van der Waals surface area contributed by atoms with Crippen molar-refractivity contribution in [1.29, 1.82) is 0 Å². The summed E-state index contributed by atoms with van der Waals surface area (Å²) in [6.07, 6.45) is 1.01. The van der Waals surface area contributed by atoms with E-state index in [1.165, 1.54) is 17.3 Å². The van der Waals surface area contributed by atoms with Crippen LogP contribution in [0.3, 0.4) is 0 Å². The van der Waals surface area contributed by atoms with Crippen molar-refractivity contribution in [2.45, 2.75) is 44.9 Å². The topological polar surface area (TPSA) is 59.8 Å². The van der Waals surface area contributed by atoms with Crippen LogP contribution in [0.25, 0.3) is 11.4 Å². The number of hydrogen-bond donors (Lipinski definition) is 1. The summed E-state index contributed by atoms with van der Waals surface area (Å²) < 4.78 is 2.04. The highest BCUT2D eigenvalue weighted by molar-refractivity contribution is 7.99. The van der Waals surface area contributed by atoms with Gasteiger partial charge in [0, 0.05) is 12.1 Å². The zero-order chi connectivity index (χ0) is 19.9. The highest BCUT2D eigenvalue weighted by Crippen LogP contribution is 2.24. The third-order valence-electron chi connectivity index (χ3n) is 4.66. The second kappa shape index (κ2) is 9.55. The Bertz CT molecular complexity index is 906. The van der Waals surface area contributed by atoms with Gasteiger partial charge in [-0.3, -0.25) is 4.79 Å². The summed E-state index contributed by atoms with van der Waals surface area (Å²) >= 11 is 1.42. The molecule has 6 heteroatoms. The number of hydrogen-bond acceptors (Lipinski definition) is 4. The molecule has 0 aliphatic heterocycles. The van der Waals surface area contributed by atoms with Gasteiger partial charge in [0.2, 0.25) is 5.91 Å². The van der Waals surface area contributed by atoms with E-state index in [1.54, 1.807) is 0 Å². The quantitative estimate of drug-likeness (QED) is 0.572.